The van der Waals surface area contributed by atoms with Gasteiger partial charge in [0, 0.05) is 19.7 Å². The number of aliphatic hydroxyl groups is 1. The molecule has 9 nitrogen and oxygen atoms in total. The molecule has 0 spiro atoms. The first-order valence-electron chi connectivity index (χ1n) is 9.47. The lowest BCUT2D eigenvalue weighted by Gasteiger charge is -2.17. The molecule has 2 N–H and O–H groups in total. The third-order valence-electron chi connectivity index (χ3n) is 4.61. The van der Waals surface area contributed by atoms with Crippen LogP contribution in [0.5, 0.6) is 5.75 Å². The van der Waals surface area contributed by atoms with E-state index in [0.29, 0.717) is 18.8 Å². The lowest BCUT2D eigenvalue weighted by Crippen LogP contribution is -2.33. The van der Waals surface area contributed by atoms with Gasteiger partial charge in [0.15, 0.2) is 0 Å². The highest BCUT2D eigenvalue weighted by molar-refractivity contribution is 5.94. The molecule has 9 heteroatoms. The molecule has 156 valence electrons. The van der Waals surface area contributed by atoms with Gasteiger partial charge in [0.2, 0.25) is 5.91 Å². The number of nitrogens with one attached hydrogen (secondary N) is 1. The average Bonchev–Trinajstić information content (AvgIpc) is 3.32. The first-order valence-corrected chi connectivity index (χ1v) is 9.47. The van der Waals surface area contributed by atoms with Crippen LogP contribution in [-0.2, 0) is 20.9 Å². The second-order valence-electron chi connectivity index (χ2n) is 7.10. The molecule has 1 aliphatic heterocycles. The Morgan fingerprint density at radius 2 is 2.14 bits per heavy atom. The van der Waals surface area contributed by atoms with Gasteiger partial charge in [-0.05, 0) is 19.1 Å². The maximum absolute atomic E-state index is 12.4. The molecule has 1 aromatic heterocycles. The third-order valence-corrected chi connectivity index (χ3v) is 4.61. The lowest BCUT2D eigenvalue weighted by atomic mass is 10.2. The van der Waals surface area contributed by atoms with Gasteiger partial charge in [-0.15, -0.1) is 0 Å². The summed E-state index contributed by atoms with van der Waals surface area (Å²) in [7, 11) is 1.70. The van der Waals surface area contributed by atoms with E-state index < -0.39 is 12.2 Å². The highest BCUT2D eigenvalue weighted by Gasteiger charge is 2.29. The Morgan fingerprint density at radius 3 is 2.83 bits per heavy atom. The largest absolute Gasteiger partial charge is 0.492 e. The number of aryl methyl sites for hydroxylation is 1. The van der Waals surface area contributed by atoms with Gasteiger partial charge in [0.25, 0.3) is 5.91 Å². The maximum atomic E-state index is 12.4. The van der Waals surface area contributed by atoms with Crippen molar-refractivity contribution in [3.63, 3.8) is 0 Å². The van der Waals surface area contributed by atoms with E-state index in [2.05, 4.69) is 10.4 Å². The molecule has 1 aliphatic rings. The minimum atomic E-state index is -0.672. The van der Waals surface area contributed by atoms with Gasteiger partial charge < -0.3 is 24.8 Å². The zero-order valence-corrected chi connectivity index (χ0v) is 16.6. The van der Waals surface area contributed by atoms with Gasteiger partial charge >= 0.3 is 0 Å². The SMILES string of the molecule is Cc1ccc(OCCN(C)C(=O)Cn2cc(NC(=O)[C@H]3C[C@H](O)CO3)cn2)cc1. The monoisotopic (exact) mass is 402 g/mol. The number of hydrogen-bond acceptors (Lipinski definition) is 6. The van der Waals surface area contributed by atoms with Gasteiger partial charge in [-0.3, -0.25) is 14.3 Å². The zero-order valence-electron chi connectivity index (χ0n) is 16.6. The Bertz CT molecular complexity index is 836. The van der Waals surface area contributed by atoms with Crippen LogP contribution in [0.25, 0.3) is 0 Å². The van der Waals surface area contributed by atoms with Crippen molar-refractivity contribution in [2.45, 2.75) is 32.1 Å². The standard InChI is InChI=1S/C20H26N4O5/c1-14-3-5-17(6-4-14)28-8-7-23(2)19(26)12-24-11-15(10-21-24)22-20(27)18-9-16(25)13-29-18/h3-6,10-11,16,18,25H,7-9,12-13H2,1-2H3,(H,22,27)/t16-,18+/m0/s1. The van der Waals surface area contributed by atoms with E-state index in [9.17, 15) is 14.7 Å². The van der Waals surface area contributed by atoms with Gasteiger partial charge in [-0.2, -0.15) is 5.10 Å². The number of nitrogens with zero attached hydrogens (tertiary/aromatic N) is 3. The molecule has 0 radical (unpaired) electrons. The summed E-state index contributed by atoms with van der Waals surface area (Å²) < 4.78 is 12.3. The number of carbonyl (C=O) groups is 2. The molecule has 0 unspecified atom stereocenters. The van der Waals surface area contributed by atoms with Gasteiger partial charge in [0.1, 0.15) is 25.0 Å². The maximum Gasteiger partial charge on any atom is 0.253 e. The summed E-state index contributed by atoms with van der Waals surface area (Å²) in [4.78, 5) is 26.0. The van der Waals surface area contributed by atoms with Crippen molar-refractivity contribution in [1.29, 1.82) is 0 Å². The van der Waals surface area contributed by atoms with E-state index in [0.717, 1.165) is 11.3 Å². The van der Waals surface area contributed by atoms with Crippen LogP contribution in [0, 0.1) is 6.92 Å². The minimum Gasteiger partial charge on any atom is -0.492 e. The number of ether oxygens (including phenoxy) is 2. The molecule has 2 amide bonds. The van der Waals surface area contributed by atoms with Crippen LogP contribution in [0.3, 0.4) is 0 Å². The fraction of sp³-hybridized carbons (Fsp3) is 0.450. The van der Waals surface area contributed by atoms with Crippen molar-refractivity contribution in [2.75, 3.05) is 32.1 Å². The van der Waals surface area contributed by atoms with Crippen LogP contribution in [0.15, 0.2) is 36.7 Å². The lowest BCUT2D eigenvalue weighted by molar-refractivity contribution is -0.131. The van der Waals surface area contributed by atoms with Crippen LogP contribution in [0.4, 0.5) is 5.69 Å². The van der Waals surface area contributed by atoms with Crippen LogP contribution < -0.4 is 10.1 Å². The summed E-state index contributed by atoms with van der Waals surface area (Å²) in [6.07, 6.45) is 2.04. The summed E-state index contributed by atoms with van der Waals surface area (Å²) in [5.74, 6) is 0.307. The Morgan fingerprint density at radius 1 is 1.38 bits per heavy atom. The van der Waals surface area contributed by atoms with Crippen LogP contribution in [-0.4, -0.2) is 70.6 Å². The number of rotatable bonds is 8. The Balaban J connectivity index is 1.41. The molecule has 3 rings (SSSR count). The minimum absolute atomic E-state index is 0.0511. The second-order valence-corrected chi connectivity index (χ2v) is 7.10. The number of amides is 2. The quantitative estimate of drug-likeness (QED) is 0.677. The van der Waals surface area contributed by atoms with Crippen molar-refractivity contribution >= 4 is 17.5 Å². The van der Waals surface area contributed by atoms with Crippen LogP contribution in [0.2, 0.25) is 0 Å². The molecule has 0 saturated carbocycles. The van der Waals surface area contributed by atoms with Gasteiger partial charge in [-0.25, -0.2) is 0 Å². The molecular weight excluding hydrogens is 376 g/mol. The number of benzene rings is 1. The van der Waals surface area contributed by atoms with Crippen molar-refractivity contribution in [1.82, 2.24) is 14.7 Å². The molecule has 1 aromatic carbocycles. The number of anilines is 1. The van der Waals surface area contributed by atoms with Crippen LogP contribution >= 0.6 is 0 Å². The number of likely N-dealkylation sites (N-methyl/N-ethyl adjacent to an activating group) is 1. The number of carbonyl (C=O) groups excluding carboxylic acids is 2. The highest BCUT2D eigenvalue weighted by atomic mass is 16.5. The highest BCUT2D eigenvalue weighted by Crippen LogP contribution is 2.16. The summed E-state index contributed by atoms with van der Waals surface area (Å²) in [5.41, 5.74) is 1.63. The summed E-state index contributed by atoms with van der Waals surface area (Å²) in [6, 6.07) is 7.74. The van der Waals surface area contributed by atoms with Crippen molar-refractivity contribution in [3.8, 4) is 5.75 Å². The average molecular weight is 402 g/mol. The van der Waals surface area contributed by atoms with E-state index in [1.807, 2.05) is 31.2 Å². The third kappa shape index (κ3) is 6.03. The molecule has 1 fully saturated rings. The topological polar surface area (TPSA) is 106 Å². The molecule has 0 bridgehead atoms. The predicted octanol–water partition coefficient (Wildman–Crippen LogP) is 0.817. The van der Waals surface area contributed by atoms with Gasteiger partial charge in [0.05, 0.1) is 31.1 Å². The van der Waals surface area contributed by atoms with E-state index in [4.69, 9.17) is 9.47 Å². The summed E-state index contributed by atoms with van der Waals surface area (Å²) >= 11 is 0. The fourth-order valence-electron chi connectivity index (χ4n) is 2.85. The number of hydrogen-bond donors (Lipinski definition) is 2. The molecular formula is C20H26N4O5. The smallest absolute Gasteiger partial charge is 0.253 e. The van der Waals surface area contributed by atoms with E-state index in [1.54, 1.807) is 18.1 Å². The molecule has 2 aromatic rings. The first kappa shape index (κ1) is 20.8. The van der Waals surface area contributed by atoms with E-state index in [1.165, 1.54) is 10.9 Å². The molecule has 2 heterocycles. The van der Waals surface area contributed by atoms with Crippen LogP contribution in [0.1, 0.15) is 12.0 Å². The Labute approximate surface area is 169 Å². The van der Waals surface area contributed by atoms with Crippen molar-refractivity contribution in [3.05, 3.63) is 42.2 Å². The second kappa shape index (κ2) is 9.53. The van der Waals surface area contributed by atoms with E-state index >= 15 is 0 Å². The number of aromatic nitrogens is 2. The van der Waals surface area contributed by atoms with Crippen molar-refractivity contribution < 1.29 is 24.2 Å². The summed E-state index contributed by atoms with van der Waals surface area (Å²) in [6.45, 7) is 3.05. The Kier molecular flexibility index (Phi) is 6.84. The Hall–Kier alpha value is -2.91. The predicted molar refractivity (Wildman–Crippen MR) is 106 cm³/mol. The first-order chi connectivity index (χ1) is 13.9. The van der Waals surface area contributed by atoms with Gasteiger partial charge in [-0.1, -0.05) is 17.7 Å². The summed E-state index contributed by atoms with van der Waals surface area (Å²) in [5, 5.41) is 16.2. The zero-order chi connectivity index (χ0) is 20.8. The molecule has 0 aliphatic carbocycles. The molecule has 1 saturated heterocycles. The van der Waals surface area contributed by atoms with Crippen molar-refractivity contribution in [2.24, 2.45) is 0 Å². The normalized spacial score (nSPS) is 18.4. The number of aliphatic hydroxyl groups excluding tert-OH is 1. The molecule has 2 atom stereocenters. The fourth-order valence-corrected chi connectivity index (χ4v) is 2.85. The molecule has 29 heavy (non-hydrogen) atoms. The van der Waals surface area contributed by atoms with E-state index in [-0.39, 0.29) is 31.4 Å².